The van der Waals surface area contributed by atoms with Gasteiger partial charge in [-0.15, -0.1) is 0 Å². The number of likely N-dealkylation sites (N-methyl/N-ethyl adjacent to an activating group) is 1. The maximum Gasteiger partial charge on any atom is 0.325 e. The van der Waals surface area contributed by atoms with Crippen LogP contribution in [0.4, 0.5) is 0 Å². The fourth-order valence-electron chi connectivity index (χ4n) is 2.51. The lowest BCUT2D eigenvalue weighted by atomic mass is 10.2. The number of ether oxygens (including phenoxy) is 1. The summed E-state index contributed by atoms with van der Waals surface area (Å²) in [5.74, 6) is 0.683. The van der Waals surface area contributed by atoms with Crippen molar-refractivity contribution in [2.75, 3.05) is 7.05 Å². The van der Waals surface area contributed by atoms with E-state index in [1.165, 1.54) is 12.8 Å². The van der Waals surface area contributed by atoms with Crippen LogP contribution < -0.4 is 0 Å². The van der Waals surface area contributed by atoms with Crippen molar-refractivity contribution in [3.8, 4) is 0 Å². The molecular formula is C14H17NO2. The Labute approximate surface area is 101 Å². The summed E-state index contributed by atoms with van der Waals surface area (Å²) < 4.78 is 5.35. The molecule has 1 unspecified atom stereocenters. The molecule has 1 heterocycles. The zero-order chi connectivity index (χ0) is 11.8. The molecule has 2 fully saturated rings. The van der Waals surface area contributed by atoms with Crippen LogP contribution in [0.15, 0.2) is 30.3 Å². The molecule has 3 rings (SSSR count). The fourth-order valence-corrected chi connectivity index (χ4v) is 2.51. The number of benzene rings is 1. The molecule has 17 heavy (non-hydrogen) atoms. The van der Waals surface area contributed by atoms with Crippen molar-refractivity contribution in [1.29, 1.82) is 0 Å². The normalized spacial score (nSPS) is 31.0. The Morgan fingerprint density at radius 1 is 1.35 bits per heavy atom. The molecule has 3 nitrogen and oxygen atoms in total. The van der Waals surface area contributed by atoms with E-state index in [2.05, 4.69) is 4.90 Å². The Hall–Kier alpha value is -1.35. The smallest absolute Gasteiger partial charge is 0.325 e. The molecular weight excluding hydrogens is 214 g/mol. The second kappa shape index (κ2) is 4.15. The molecule has 3 atom stereocenters. The summed E-state index contributed by atoms with van der Waals surface area (Å²) in [4.78, 5) is 14.0. The van der Waals surface area contributed by atoms with Gasteiger partial charge >= 0.3 is 5.97 Å². The van der Waals surface area contributed by atoms with Gasteiger partial charge < -0.3 is 4.74 Å². The molecule has 1 aliphatic carbocycles. The van der Waals surface area contributed by atoms with Crippen LogP contribution in [0.3, 0.4) is 0 Å². The van der Waals surface area contributed by atoms with Gasteiger partial charge in [-0.3, -0.25) is 9.69 Å². The minimum Gasteiger partial charge on any atom is -0.460 e. The highest BCUT2D eigenvalue weighted by atomic mass is 16.5. The first kappa shape index (κ1) is 10.8. The minimum atomic E-state index is -0.0618. The van der Waals surface area contributed by atoms with Crippen LogP contribution in [0.25, 0.3) is 0 Å². The molecule has 0 amide bonds. The van der Waals surface area contributed by atoms with Gasteiger partial charge in [0.1, 0.15) is 12.6 Å². The van der Waals surface area contributed by atoms with E-state index in [1.807, 2.05) is 37.4 Å². The highest BCUT2D eigenvalue weighted by Crippen LogP contribution is 2.46. The number of esters is 1. The molecule has 0 bridgehead atoms. The van der Waals surface area contributed by atoms with E-state index in [4.69, 9.17) is 4.74 Å². The number of hydrogen-bond acceptors (Lipinski definition) is 3. The predicted octanol–water partition coefficient (Wildman–Crippen LogP) is 1.82. The van der Waals surface area contributed by atoms with Gasteiger partial charge in [-0.2, -0.15) is 0 Å². The molecule has 1 aromatic carbocycles. The van der Waals surface area contributed by atoms with Crippen molar-refractivity contribution >= 4 is 5.97 Å². The Balaban J connectivity index is 1.51. The zero-order valence-electron chi connectivity index (χ0n) is 10.0. The summed E-state index contributed by atoms with van der Waals surface area (Å²) in [5.41, 5.74) is 1.05. The number of carbonyl (C=O) groups is 1. The van der Waals surface area contributed by atoms with Gasteiger partial charge in [-0.1, -0.05) is 30.3 Å². The second-order valence-corrected chi connectivity index (χ2v) is 5.03. The average molecular weight is 231 g/mol. The average Bonchev–Trinajstić information content (AvgIpc) is 3.22. The highest BCUT2D eigenvalue weighted by molar-refractivity contribution is 5.80. The van der Waals surface area contributed by atoms with Gasteiger partial charge in [-0.05, 0) is 31.4 Å². The van der Waals surface area contributed by atoms with Gasteiger partial charge in [0, 0.05) is 6.04 Å². The van der Waals surface area contributed by atoms with E-state index in [-0.39, 0.29) is 12.0 Å². The molecule has 1 saturated heterocycles. The summed E-state index contributed by atoms with van der Waals surface area (Å²) in [6.45, 7) is 0.390. The van der Waals surface area contributed by atoms with Crippen molar-refractivity contribution in [2.45, 2.75) is 31.5 Å². The van der Waals surface area contributed by atoms with Crippen LogP contribution in [-0.4, -0.2) is 30.0 Å². The lowest BCUT2D eigenvalue weighted by Crippen LogP contribution is -2.15. The number of rotatable bonds is 4. The highest BCUT2D eigenvalue weighted by Gasteiger charge is 2.57. The third kappa shape index (κ3) is 2.20. The van der Waals surface area contributed by atoms with E-state index in [1.54, 1.807) is 0 Å². The van der Waals surface area contributed by atoms with Crippen molar-refractivity contribution in [1.82, 2.24) is 4.90 Å². The molecule has 1 aliphatic heterocycles. The third-order valence-electron chi connectivity index (χ3n) is 3.71. The maximum atomic E-state index is 11.9. The molecule has 0 aromatic heterocycles. The third-order valence-corrected chi connectivity index (χ3v) is 3.71. The Morgan fingerprint density at radius 3 is 2.71 bits per heavy atom. The first-order chi connectivity index (χ1) is 8.27. The van der Waals surface area contributed by atoms with Crippen LogP contribution in [0.2, 0.25) is 0 Å². The largest absolute Gasteiger partial charge is 0.460 e. The van der Waals surface area contributed by atoms with Crippen LogP contribution in [-0.2, 0) is 16.1 Å². The van der Waals surface area contributed by atoms with Crippen LogP contribution >= 0.6 is 0 Å². The molecule has 90 valence electrons. The van der Waals surface area contributed by atoms with Gasteiger partial charge in [0.15, 0.2) is 0 Å². The molecule has 1 aromatic rings. The molecule has 0 radical (unpaired) electrons. The summed E-state index contributed by atoms with van der Waals surface area (Å²) >= 11 is 0. The number of carbonyl (C=O) groups excluding carboxylic acids is 1. The van der Waals surface area contributed by atoms with Crippen molar-refractivity contribution < 1.29 is 9.53 Å². The van der Waals surface area contributed by atoms with E-state index < -0.39 is 0 Å². The lowest BCUT2D eigenvalue weighted by Gasteiger charge is -2.03. The SMILES string of the molecule is CN1[C@H](C2CC2)[C@@H]1C(=O)OCc1ccccc1. The zero-order valence-corrected chi connectivity index (χ0v) is 10.0. The van der Waals surface area contributed by atoms with Crippen molar-refractivity contribution in [3.05, 3.63) is 35.9 Å². The van der Waals surface area contributed by atoms with Gasteiger partial charge in [0.25, 0.3) is 0 Å². The summed E-state index contributed by atoms with van der Waals surface area (Å²) in [6.07, 6.45) is 2.55. The summed E-state index contributed by atoms with van der Waals surface area (Å²) in [5, 5.41) is 0. The summed E-state index contributed by atoms with van der Waals surface area (Å²) in [6, 6.07) is 10.3. The Bertz CT molecular complexity index is 413. The summed E-state index contributed by atoms with van der Waals surface area (Å²) in [7, 11) is 2.01. The first-order valence-electron chi connectivity index (χ1n) is 6.20. The molecule has 1 saturated carbocycles. The van der Waals surface area contributed by atoms with E-state index in [9.17, 15) is 4.79 Å². The molecule has 2 aliphatic rings. The van der Waals surface area contributed by atoms with Crippen LogP contribution in [0.1, 0.15) is 18.4 Å². The molecule has 3 heteroatoms. The van der Waals surface area contributed by atoms with Crippen LogP contribution in [0, 0.1) is 5.92 Å². The monoisotopic (exact) mass is 231 g/mol. The maximum absolute atomic E-state index is 11.9. The van der Waals surface area contributed by atoms with E-state index in [0.717, 1.165) is 11.5 Å². The lowest BCUT2D eigenvalue weighted by molar-refractivity contribution is -0.145. The minimum absolute atomic E-state index is 0.0196. The van der Waals surface area contributed by atoms with Crippen molar-refractivity contribution in [2.24, 2.45) is 5.92 Å². The van der Waals surface area contributed by atoms with E-state index in [0.29, 0.717) is 12.6 Å². The van der Waals surface area contributed by atoms with Crippen LogP contribution in [0.5, 0.6) is 0 Å². The van der Waals surface area contributed by atoms with Gasteiger partial charge in [0.05, 0.1) is 0 Å². The fraction of sp³-hybridized carbons (Fsp3) is 0.500. The first-order valence-corrected chi connectivity index (χ1v) is 6.20. The molecule has 0 spiro atoms. The van der Waals surface area contributed by atoms with E-state index >= 15 is 0 Å². The topological polar surface area (TPSA) is 29.3 Å². The van der Waals surface area contributed by atoms with Crippen molar-refractivity contribution in [3.63, 3.8) is 0 Å². The van der Waals surface area contributed by atoms with Gasteiger partial charge in [0.2, 0.25) is 0 Å². The Morgan fingerprint density at radius 2 is 2.06 bits per heavy atom. The Kier molecular flexibility index (Phi) is 2.63. The standard InChI is InChI=1S/C14H17NO2/c1-15-12(11-7-8-11)13(15)14(16)17-9-10-5-3-2-4-6-10/h2-6,11-13H,7-9H2,1H3/t12-,13-,15?/m1/s1. The number of nitrogens with zero attached hydrogens (tertiary/aromatic N) is 1. The predicted molar refractivity (Wildman–Crippen MR) is 64.3 cm³/mol. The second-order valence-electron chi connectivity index (χ2n) is 5.03. The quantitative estimate of drug-likeness (QED) is 0.584. The molecule has 0 N–H and O–H groups in total. The number of hydrogen-bond donors (Lipinski definition) is 0. The van der Waals surface area contributed by atoms with Gasteiger partial charge in [-0.25, -0.2) is 0 Å².